The SMILES string of the molecule is NC(=O)COc1cccc2c1CCCN2Cc1ccc(O)c(F)c1. The molecule has 1 heterocycles. The minimum Gasteiger partial charge on any atom is -0.505 e. The quantitative estimate of drug-likeness (QED) is 0.882. The number of halogens is 1. The molecule has 0 spiro atoms. The highest BCUT2D eigenvalue weighted by Crippen LogP contribution is 2.35. The molecule has 0 radical (unpaired) electrons. The van der Waals surface area contributed by atoms with Crippen molar-refractivity contribution in [2.45, 2.75) is 19.4 Å². The molecule has 0 bridgehead atoms. The first-order valence-corrected chi connectivity index (χ1v) is 7.80. The van der Waals surface area contributed by atoms with Gasteiger partial charge in [0.25, 0.3) is 5.91 Å². The Labute approximate surface area is 139 Å². The number of carbonyl (C=O) groups is 1. The number of ether oxygens (including phenoxy) is 1. The number of amides is 1. The number of fused-ring (bicyclic) bond motifs is 1. The lowest BCUT2D eigenvalue weighted by Crippen LogP contribution is -2.29. The van der Waals surface area contributed by atoms with Crippen LogP contribution in [-0.4, -0.2) is 24.2 Å². The van der Waals surface area contributed by atoms with Crippen LogP contribution in [0.5, 0.6) is 11.5 Å². The van der Waals surface area contributed by atoms with Gasteiger partial charge in [0.2, 0.25) is 0 Å². The minimum absolute atomic E-state index is 0.153. The van der Waals surface area contributed by atoms with Gasteiger partial charge in [-0.2, -0.15) is 0 Å². The number of anilines is 1. The normalized spacial score (nSPS) is 13.5. The zero-order chi connectivity index (χ0) is 17.1. The standard InChI is InChI=1S/C18H19FN2O3/c19-14-9-12(6-7-16(14)22)10-21-8-2-3-13-15(21)4-1-5-17(13)24-11-18(20)23/h1,4-7,9,22H,2-3,8,10-11H2,(H2,20,23). The number of rotatable bonds is 5. The van der Waals surface area contributed by atoms with E-state index in [2.05, 4.69) is 4.90 Å². The zero-order valence-electron chi connectivity index (χ0n) is 13.2. The van der Waals surface area contributed by atoms with Crippen LogP contribution in [0.4, 0.5) is 10.1 Å². The number of nitrogens with two attached hydrogens (primary N) is 1. The van der Waals surface area contributed by atoms with E-state index >= 15 is 0 Å². The number of carbonyl (C=O) groups excluding carboxylic acids is 1. The van der Waals surface area contributed by atoms with E-state index < -0.39 is 11.7 Å². The van der Waals surface area contributed by atoms with Crippen LogP contribution < -0.4 is 15.4 Å². The average molecular weight is 330 g/mol. The predicted octanol–water partition coefficient (Wildman–Crippen LogP) is 2.35. The van der Waals surface area contributed by atoms with Crippen molar-refractivity contribution in [2.75, 3.05) is 18.1 Å². The Kier molecular flexibility index (Phi) is 4.55. The number of phenols is 1. The lowest BCUT2D eigenvalue weighted by atomic mass is 10.00. The fraction of sp³-hybridized carbons (Fsp3) is 0.278. The van der Waals surface area contributed by atoms with Crippen molar-refractivity contribution in [3.63, 3.8) is 0 Å². The van der Waals surface area contributed by atoms with Crippen LogP contribution in [0, 0.1) is 5.82 Å². The topological polar surface area (TPSA) is 75.8 Å². The molecule has 3 rings (SSSR count). The van der Waals surface area contributed by atoms with E-state index in [0.717, 1.165) is 36.2 Å². The second-order valence-corrected chi connectivity index (χ2v) is 5.82. The van der Waals surface area contributed by atoms with Crippen molar-refractivity contribution in [2.24, 2.45) is 5.73 Å². The third kappa shape index (κ3) is 3.42. The van der Waals surface area contributed by atoms with Crippen LogP contribution in [0.2, 0.25) is 0 Å². The van der Waals surface area contributed by atoms with Crippen LogP contribution in [0.3, 0.4) is 0 Å². The highest BCUT2D eigenvalue weighted by atomic mass is 19.1. The molecule has 0 saturated heterocycles. The monoisotopic (exact) mass is 330 g/mol. The van der Waals surface area contributed by atoms with Gasteiger partial charge in [-0.15, -0.1) is 0 Å². The molecule has 6 heteroatoms. The number of phenolic OH excluding ortho intramolecular Hbond substituents is 1. The molecule has 24 heavy (non-hydrogen) atoms. The van der Waals surface area contributed by atoms with Gasteiger partial charge >= 0.3 is 0 Å². The molecule has 1 aliphatic rings. The van der Waals surface area contributed by atoms with E-state index in [4.69, 9.17) is 10.5 Å². The van der Waals surface area contributed by atoms with Crippen molar-refractivity contribution in [3.8, 4) is 11.5 Å². The number of hydrogen-bond acceptors (Lipinski definition) is 4. The molecule has 0 fully saturated rings. The molecule has 0 saturated carbocycles. The summed E-state index contributed by atoms with van der Waals surface area (Å²) in [5.74, 6) is -0.823. The van der Waals surface area contributed by atoms with Gasteiger partial charge in [0.05, 0.1) is 0 Å². The maximum Gasteiger partial charge on any atom is 0.255 e. The van der Waals surface area contributed by atoms with Crippen molar-refractivity contribution in [1.82, 2.24) is 0 Å². The maximum absolute atomic E-state index is 13.5. The van der Waals surface area contributed by atoms with E-state index in [0.29, 0.717) is 12.3 Å². The minimum atomic E-state index is -0.622. The Morgan fingerprint density at radius 2 is 2.17 bits per heavy atom. The number of hydrogen-bond donors (Lipinski definition) is 2. The molecule has 0 aromatic heterocycles. The Morgan fingerprint density at radius 1 is 1.33 bits per heavy atom. The number of aromatic hydroxyl groups is 1. The van der Waals surface area contributed by atoms with Gasteiger partial charge in [0.1, 0.15) is 5.75 Å². The van der Waals surface area contributed by atoms with Gasteiger partial charge in [-0.05, 0) is 42.7 Å². The van der Waals surface area contributed by atoms with Crippen LogP contribution in [0.25, 0.3) is 0 Å². The van der Waals surface area contributed by atoms with E-state index in [1.165, 1.54) is 12.1 Å². The Hall–Kier alpha value is -2.76. The van der Waals surface area contributed by atoms with E-state index in [1.807, 2.05) is 18.2 Å². The van der Waals surface area contributed by atoms with Gasteiger partial charge in [0.15, 0.2) is 18.2 Å². The lowest BCUT2D eigenvalue weighted by Gasteiger charge is -2.32. The molecule has 5 nitrogen and oxygen atoms in total. The summed E-state index contributed by atoms with van der Waals surface area (Å²) in [5.41, 5.74) is 7.96. The first-order chi connectivity index (χ1) is 11.5. The molecular formula is C18H19FN2O3. The summed E-state index contributed by atoms with van der Waals surface area (Å²) >= 11 is 0. The maximum atomic E-state index is 13.5. The summed E-state index contributed by atoms with van der Waals surface area (Å²) < 4.78 is 19.0. The van der Waals surface area contributed by atoms with Gasteiger partial charge in [-0.3, -0.25) is 4.79 Å². The Balaban J connectivity index is 1.84. The summed E-state index contributed by atoms with van der Waals surface area (Å²) in [4.78, 5) is 13.1. The molecule has 1 aliphatic heterocycles. The largest absolute Gasteiger partial charge is 0.505 e. The first kappa shape index (κ1) is 16.1. The average Bonchev–Trinajstić information content (AvgIpc) is 2.56. The van der Waals surface area contributed by atoms with Crippen molar-refractivity contribution in [1.29, 1.82) is 0 Å². The third-order valence-corrected chi connectivity index (χ3v) is 4.06. The first-order valence-electron chi connectivity index (χ1n) is 7.80. The van der Waals surface area contributed by atoms with E-state index in [1.54, 1.807) is 6.07 Å². The molecule has 3 N–H and O–H groups in total. The van der Waals surface area contributed by atoms with Crippen LogP contribution in [-0.2, 0) is 17.8 Å². The van der Waals surface area contributed by atoms with Crippen LogP contribution in [0.15, 0.2) is 36.4 Å². The summed E-state index contributed by atoms with van der Waals surface area (Å²) in [6.45, 7) is 1.22. The summed E-state index contributed by atoms with van der Waals surface area (Å²) in [5, 5.41) is 9.30. The Morgan fingerprint density at radius 3 is 2.92 bits per heavy atom. The fourth-order valence-corrected chi connectivity index (χ4v) is 2.99. The molecule has 2 aromatic carbocycles. The van der Waals surface area contributed by atoms with Crippen molar-refractivity contribution < 1.29 is 19.0 Å². The van der Waals surface area contributed by atoms with Gasteiger partial charge in [0, 0.05) is 24.3 Å². The second-order valence-electron chi connectivity index (χ2n) is 5.82. The smallest absolute Gasteiger partial charge is 0.255 e. The number of primary amides is 1. The summed E-state index contributed by atoms with van der Waals surface area (Å²) in [7, 11) is 0. The van der Waals surface area contributed by atoms with Gasteiger partial charge < -0.3 is 20.5 Å². The molecule has 0 unspecified atom stereocenters. The lowest BCUT2D eigenvalue weighted by molar-refractivity contribution is -0.119. The molecular weight excluding hydrogens is 311 g/mol. The van der Waals surface area contributed by atoms with Crippen LogP contribution >= 0.6 is 0 Å². The second kappa shape index (κ2) is 6.78. The Bertz CT molecular complexity index is 764. The van der Waals surface area contributed by atoms with Crippen molar-refractivity contribution >= 4 is 11.6 Å². The van der Waals surface area contributed by atoms with Crippen LogP contribution in [0.1, 0.15) is 17.5 Å². The predicted molar refractivity (Wildman–Crippen MR) is 88.6 cm³/mol. The number of nitrogens with zero attached hydrogens (tertiary/aromatic N) is 1. The molecule has 1 amide bonds. The van der Waals surface area contributed by atoms with Gasteiger partial charge in [-0.25, -0.2) is 4.39 Å². The third-order valence-electron chi connectivity index (χ3n) is 4.06. The molecule has 126 valence electrons. The highest BCUT2D eigenvalue weighted by Gasteiger charge is 2.21. The molecule has 0 atom stereocenters. The molecule has 2 aromatic rings. The highest BCUT2D eigenvalue weighted by molar-refractivity contribution is 5.75. The zero-order valence-corrected chi connectivity index (χ0v) is 13.2. The summed E-state index contributed by atoms with van der Waals surface area (Å²) in [6, 6.07) is 10.1. The van der Waals surface area contributed by atoms with E-state index in [-0.39, 0.29) is 12.4 Å². The number of benzene rings is 2. The van der Waals surface area contributed by atoms with E-state index in [9.17, 15) is 14.3 Å². The van der Waals surface area contributed by atoms with Gasteiger partial charge in [-0.1, -0.05) is 12.1 Å². The summed E-state index contributed by atoms with van der Waals surface area (Å²) in [6.07, 6.45) is 1.79. The molecule has 0 aliphatic carbocycles. The fourth-order valence-electron chi connectivity index (χ4n) is 2.99. The van der Waals surface area contributed by atoms with Crippen molar-refractivity contribution in [3.05, 3.63) is 53.3 Å².